The van der Waals surface area contributed by atoms with E-state index in [1.807, 2.05) is 43.3 Å². The molecule has 2 aromatic rings. The zero-order valence-corrected chi connectivity index (χ0v) is 18.7. The summed E-state index contributed by atoms with van der Waals surface area (Å²) in [5.74, 6) is -0.169. The van der Waals surface area contributed by atoms with Crippen LogP contribution in [0.1, 0.15) is 49.3 Å². The first-order valence-corrected chi connectivity index (χ1v) is 12.4. The lowest BCUT2D eigenvalue weighted by Crippen LogP contribution is -2.41. The Hall–Kier alpha value is -2.18. The SMILES string of the molecule is CCCCc1ccc(NC(=O)C2CCN(S(=O)(=O)Cc3cccc(C)c3)CC2)cc1. The fraction of sp³-hybridized carbons (Fsp3) is 0.458. The Morgan fingerprint density at radius 1 is 1.07 bits per heavy atom. The lowest BCUT2D eigenvalue weighted by Gasteiger charge is -2.30. The Morgan fingerprint density at radius 2 is 1.77 bits per heavy atom. The van der Waals surface area contributed by atoms with E-state index in [0.29, 0.717) is 25.9 Å². The van der Waals surface area contributed by atoms with Crippen LogP contribution in [0, 0.1) is 12.8 Å². The number of hydrogen-bond acceptors (Lipinski definition) is 3. The fourth-order valence-corrected chi connectivity index (χ4v) is 5.43. The Bertz CT molecular complexity index is 947. The number of nitrogens with one attached hydrogen (secondary N) is 1. The summed E-state index contributed by atoms with van der Waals surface area (Å²) in [7, 11) is -3.37. The number of amides is 1. The minimum absolute atomic E-state index is 0.00984. The van der Waals surface area contributed by atoms with Gasteiger partial charge in [-0.25, -0.2) is 12.7 Å². The molecule has 1 amide bonds. The summed E-state index contributed by atoms with van der Waals surface area (Å²) >= 11 is 0. The second kappa shape index (κ2) is 10.2. The largest absolute Gasteiger partial charge is 0.326 e. The van der Waals surface area contributed by atoms with Gasteiger partial charge < -0.3 is 5.32 Å². The van der Waals surface area contributed by atoms with Gasteiger partial charge in [0.2, 0.25) is 15.9 Å². The lowest BCUT2D eigenvalue weighted by atomic mass is 9.97. The number of unbranched alkanes of at least 4 members (excludes halogenated alkanes) is 1. The molecule has 6 heteroatoms. The van der Waals surface area contributed by atoms with Crippen molar-refractivity contribution in [1.29, 1.82) is 0 Å². The van der Waals surface area contributed by atoms with Crippen molar-refractivity contribution in [1.82, 2.24) is 4.31 Å². The lowest BCUT2D eigenvalue weighted by molar-refractivity contribution is -0.120. The van der Waals surface area contributed by atoms with E-state index in [2.05, 4.69) is 24.4 Å². The number of nitrogens with zero attached hydrogens (tertiary/aromatic N) is 1. The average molecular weight is 429 g/mol. The molecule has 0 spiro atoms. The van der Waals surface area contributed by atoms with Crippen molar-refractivity contribution in [2.24, 2.45) is 5.92 Å². The summed E-state index contributed by atoms with van der Waals surface area (Å²) in [6, 6.07) is 15.6. The first-order valence-electron chi connectivity index (χ1n) is 10.8. The molecule has 0 radical (unpaired) electrons. The fourth-order valence-electron chi connectivity index (χ4n) is 3.88. The Morgan fingerprint density at radius 3 is 2.40 bits per heavy atom. The second-order valence-corrected chi connectivity index (χ2v) is 10.2. The summed E-state index contributed by atoms with van der Waals surface area (Å²) < 4.78 is 27.1. The van der Waals surface area contributed by atoms with Crippen molar-refractivity contribution in [3.63, 3.8) is 0 Å². The molecule has 0 atom stereocenters. The number of anilines is 1. The molecule has 1 heterocycles. The van der Waals surface area contributed by atoms with Gasteiger partial charge in [0.25, 0.3) is 0 Å². The molecule has 1 aliphatic rings. The molecule has 162 valence electrons. The predicted molar refractivity (Wildman–Crippen MR) is 122 cm³/mol. The third-order valence-corrected chi connectivity index (χ3v) is 7.54. The van der Waals surface area contributed by atoms with Crippen LogP contribution in [0.3, 0.4) is 0 Å². The highest BCUT2D eigenvalue weighted by molar-refractivity contribution is 7.88. The number of carbonyl (C=O) groups is 1. The maximum Gasteiger partial charge on any atom is 0.227 e. The van der Waals surface area contributed by atoms with E-state index < -0.39 is 10.0 Å². The van der Waals surface area contributed by atoms with E-state index in [1.54, 1.807) is 0 Å². The van der Waals surface area contributed by atoms with Gasteiger partial charge in [-0.2, -0.15) is 0 Å². The van der Waals surface area contributed by atoms with Crippen LogP contribution in [0.2, 0.25) is 0 Å². The van der Waals surface area contributed by atoms with Crippen LogP contribution in [0.4, 0.5) is 5.69 Å². The summed E-state index contributed by atoms with van der Waals surface area (Å²) in [4.78, 5) is 12.6. The zero-order chi connectivity index (χ0) is 21.6. The van der Waals surface area contributed by atoms with E-state index in [-0.39, 0.29) is 17.6 Å². The average Bonchev–Trinajstić information content (AvgIpc) is 2.73. The van der Waals surface area contributed by atoms with Gasteiger partial charge in [0.05, 0.1) is 5.75 Å². The molecule has 0 aromatic heterocycles. The van der Waals surface area contributed by atoms with Gasteiger partial charge in [-0.15, -0.1) is 0 Å². The highest BCUT2D eigenvalue weighted by Crippen LogP contribution is 2.23. The summed E-state index contributed by atoms with van der Waals surface area (Å²) in [6.45, 7) is 4.91. The molecule has 2 aromatic carbocycles. The molecule has 1 aliphatic heterocycles. The normalized spacial score (nSPS) is 15.8. The molecule has 5 nitrogen and oxygen atoms in total. The van der Waals surface area contributed by atoms with Gasteiger partial charge in [-0.1, -0.05) is 55.3 Å². The highest BCUT2D eigenvalue weighted by Gasteiger charge is 2.31. The van der Waals surface area contributed by atoms with Gasteiger partial charge >= 0.3 is 0 Å². The van der Waals surface area contributed by atoms with Crippen LogP contribution in [0.5, 0.6) is 0 Å². The van der Waals surface area contributed by atoms with E-state index in [9.17, 15) is 13.2 Å². The Kier molecular flexibility index (Phi) is 7.67. The Balaban J connectivity index is 1.51. The van der Waals surface area contributed by atoms with Crippen molar-refractivity contribution in [3.05, 3.63) is 65.2 Å². The van der Waals surface area contributed by atoms with E-state index >= 15 is 0 Å². The number of benzene rings is 2. The van der Waals surface area contributed by atoms with Crippen molar-refractivity contribution in [2.45, 2.75) is 51.7 Å². The van der Waals surface area contributed by atoms with Crippen LogP contribution in [-0.4, -0.2) is 31.7 Å². The smallest absolute Gasteiger partial charge is 0.227 e. The first-order chi connectivity index (χ1) is 14.4. The van der Waals surface area contributed by atoms with Gasteiger partial charge in [0.1, 0.15) is 0 Å². The van der Waals surface area contributed by atoms with E-state index in [0.717, 1.165) is 36.1 Å². The van der Waals surface area contributed by atoms with Crippen LogP contribution in [0.15, 0.2) is 48.5 Å². The summed E-state index contributed by atoms with van der Waals surface area (Å²) in [5.41, 5.74) is 3.94. The number of piperidine rings is 1. The van der Waals surface area contributed by atoms with Gasteiger partial charge in [-0.05, 0) is 55.9 Å². The molecule has 1 saturated heterocycles. The molecule has 3 rings (SSSR count). The Labute approximate surface area is 180 Å². The van der Waals surface area contributed by atoms with E-state index in [1.165, 1.54) is 9.87 Å². The zero-order valence-electron chi connectivity index (χ0n) is 17.9. The predicted octanol–water partition coefficient (Wildman–Crippen LogP) is 4.52. The van der Waals surface area contributed by atoms with Crippen LogP contribution < -0.4 is 5.32 Å². The van der Waals surface area contributed by atoms with Crippen LogP contribution >= 0.6 is 0 Å². The third kappa shape index (κ3) is 6.16. The molecular weight excluding hydrogens is 396 g/mol. The molecule has 30 heavy (non-hydrogen) atoms. The number of hydrogen-bond donors (Lipinski definition) is 1. The molecule has 0 aliphatic carbocycles. The van der Waals surface area contributed by atoms with Gasteiger partial charge in [0.15, 0.2) is 0 Å². The number of rotatable bonds is 8. The van der Waals surface area contributed by atoms with Gasteiger partial charge in [-0.3, -0.25) is 4.79 Å². The van der Waals surface area contributed by atoms with Crippen molar-refractivity contribution in [3.8, 4) is 0 Å². The number of sulfonamides is 1. The molecule has 1 N–H and O–H groups in total. The van der Waals surface area contributed by atoms with E-state index in [4.69, 9.17) is 0 Å². The number of aryl methyl sites for hydroxylation is 2. The second-order valence-electron chi connectivity index (χ2n) is 8.21. The number of carbonyl (C=O) groups excluding carboxylic acids is 1. The quantitative estimate of drug-likeness (QED) is 0.672. The molecule has 0 unspecified atom stereocenters. The van der Waals surface area contributed by atoms with Crippen molar-refractivity contribution < 1.29 is 13.2 Å². The summed E-state index contributed by atoms with van der Waals surface area (Å²) in [5, 5.41) is 2.99. The van der Waals surface area contributed by atoms with Crippen LogP contribution in [0.25, 0.3) is 0 Å². The first kappa shape index (κ1) is 22.5. The maximum atomic E-state index is 12.8. The van der Waals surface area contributed by atoms with Crippen LogP contribution in [-0.2, 0) is 27.0 Å². The molecule has 1 fully saturated rings. The molecule has 0 bridgehead atoms. The third-order valence-electron chi connectivity index (χ3n) is 5.69. The standard InChI is InChI=1S/C24H32N2O3S/c1-3-4-7-20-9-11-23(12-10-20)25-24(27)22-13-15-26(16-14-22)30(28,29)18-21-8-5-6-19(2)17-21/h5-6,8-12,17,22H,3-4,7,13-16,18H2,1-2H3,(H,25,27). The monoisotopic (exact) mass is 428 g/mol. The topological polar surface area (TPSA) is 66.5 Å². The minimum Gasteiger partial charge on any atom is -0.326 e. The van der Waals surface area contributed by atoms with Crippen molar-refractivity contribution in [2.75, 3.05) is 18.4 Å². The van der Waals surface area contributed by atoms with Gasteiger partial charge in [0, 0.05) is 24.7 Å². The maximum absolute atomic E-state index is 12.8. The summed E-state index contributed by atoms with van der Waals surface area (Å²) in [6.07, 6.45) is 4.48. The highest BCUT2D eigenvalue weighted by atomic mass is 32.2. The minimum atomic E-state index is -3.37. The van der Waals surface area contributed by atoms with Crippen molar-refractivity contribution >= 4 is 21.6 Å². The molecular formula is C24H32N2O3S. The molecule has 0 saturated carbocycles.